The van der Waals surface area contributed by atoms with Gasteiger partial charge in [0.1, 0.15) is 6.54 Å². The molecule has 0 saturated heterocycles. The standard InChI is InChI=1S/C17H26N4O/c1-3-18-17(20-15-10-11-15)19-12-16(22)21(4-2)13-14-8-6-5-7-9-14/h5-9,15H,3-4,10-13H2,1-2H3,(H2,18,19,20). The fourth-order valence-corrected chi connectivity index (χ4v) is 2.17. The fraction of sp³-hybridized carbons (Fsp3) is 0.529. The second-order valence-electron chi connectivity index (χ2n) is 5.51. The molecule has 0 heterocycles. The van der Waals surface area contributed by atoms with Crippen LogP contribution in [0.5, 0.6) is 0 Å². The Morgan fingerprint density at radius 1 is 1.27 bits per heavy atom. The van der Waals surface area contributed by atoms with E-state index in [4.69, 9.17) is 0 Å². The quantitative estimate of drug-likeness (QED) is 0.596. The molecule has 0 aliphatic heterocycles. The smallest absolute Gasteiger partial charge is 0.244 e. The van der Waals surface area contributed by atoms with E-state index in [0.717, 1.165) is 18.1 Å². The Morgan fingerprint density at radius 3 is 2.59 bits per heavy atom. The summed E-state index contributed by atoms with van der Waals surface area (Å²) in [6.45, 7) is 6.34. The molecular formula is C17H26N4O. The summed E-state index contributed by atoms with van der Waals surface area (Å²) in [6, 6.07) is 10.6. The molecule has 1 amide bonds. The van der Waals surface area contributed by atoms with Gasteiger partial charge in [0, 0.05) is 25.7 Å². The highest BCUT2D eigenvalue weighted by Gasteiger charge is 2.22. The summed E-state index contributed by atoms with van der Waals surface area (Å²) in [4.78, 5) is 18.6. The summed E-state index contributed by atoms with van der Waals surface area (Å²) in [5.41, 5.74) is 1.14. The average molecular weight is 302 g/mol. The highest BCUT2D eigenvalue weighted by Crippen LogP contribution is 2.18. The van der Waals surface area contributed by atoms with Crippen molar-refractivity contribution in [3.8, 4) is 0 Å². The molecule has 0 spiro atoms. The van der Waals surface area contributed by atoms with Crippen LogP contribution < -0.4 is 10.6 Å². The molecule has 2 rings (SSSR count). The minimum Gasteiger partial charge on any atom is -0.357 e. The van der Waals surface area contributed by atoms with E-state index < -0.39 is 0 Å². The first-order chi connectivity index (χ1) is 10.7. The molecule has 1 saturated carbocycles. The number of amides is 1. The van der Waals surface area contributed by atoms with Crippen molar-refractivity contribution in [1.29, 1.82) is 0 Å². The first kappa shape index (κ1) is 16.3. The number of rotatable bonds is 7. The fourth-order valence-electron chi connectivity index (χ4n) is 2.17. The molecule has 0 atom stereocenters. The summed E-state index contributed by atoms with van der Waals surface area (Å²) in [5, 5.41) is 6.51. The van der Waals surface area contributed by atoms with Gasteiger partial charge in [0.05, 0.1) is 0 Å². The molecule has 5 nitrogen and oxygen atoms in total. The van der Waals surface area contributed by atoms with Crippen molar-refractivity contribution in [2.24, 2.45) is 4.99 Å². The Hall–Kier alpha value is -2.04. The van der Waals surface area contributed by atoms with Crippen molar-refractivity contribution in [3.05, 3.63) is 35.9 Å². The van der Waals surface area contributed by atoms with Crippen molar-refractivity contribution < 1.29 is 4.79 Å². The van der Waals surface area contributed by atoms with Crippen LogP contribution in [0.1, 0.15) is 32.3 Å². The number of aliphatic imine (C=N–C) groups is 1. The van der Waals surface area contributed by atoms with Crippen molar-refractivity contribution in [3.63, 3.8) is 0 Å². The Bertz CT molecular complexity index is 497. The zero-order chi connectivity index (χ0) is 15.8. The Kier molecular flexibility index (Phi) is 6.25. The summed E-state index contributed by atoms with van der Waals surface area (Å²) < 4.78 is 0. The lowest BCUT2D eigenvalue weighted by molar-refractivity contribution is -0.130. The molecule has 1 fully saturated rings. The maximum Gasteiger partial charge on any atom is 0.244 e. The molecule has 1 aliphatic rings. The summed E-state index contributed by atoms with van der Waals surface area (Å²) >= 11 is 0. The third kappa shape index (κ3) is 5.39. The van der Waals surface area contributed by atoms with Gasteiger partial charge < -0.3 is 15.5 Å². The van der Waals surface area contributed by atoms with Crippen LogP contribution in [0.15, 0.2) is 35.3 Å². The van der Waals surface area contributed by atoms with Gasteiger partial charge in [0.2, 0.25) is 5.91 Å². The van der Waals surface area contributed by atoms with E-state index in [9.17, 15) is 4.79 Å². The Labute approximate surface area is 132 Å². The number of hydrogen-bond acceptors (Lipinski definition) is 2. The number of carbonyl (C=O) groups is 1. The number of guanidine groups is 1. The van der Waals surface area contributed by atoms with Gasteiger partial charge in [-0.2, -0.15) is 0 Å². The molecule has 120 valence electrons. The number of nitrogens with zero attached hydrogens (tertiary/aromatic N) is 2. The van der Waals surface area contributed by atoms with E-state index in [2.05, 4.69) is 15.6 Å². The Morgan fingerprint density at radius 2 is 2.00 bits per heavy atom. The van der Waals surface area contributed by atoms with Crippen LogP contribution in [0.4, 0.5) is 0 Å². The van der Waals surface area contributed by atoms with E-state index >= 15 is 0 Å². The van der Waals surface area contributed by atoms with Crippen LogP contribution in [0, 0.1) is 0 Å². The van der Waals surface area contributed by atoms with Gasteiger partial charge in [-0.25, -0.2) is 4.99 Å². The van der Waals surface area contributed by atoms with Gasteiger partial charge in [-0.1, -0.05) is 30.3 Å². The minimum atomic E-state index is 0.0550. The number of benzene rings is 1. The van der Waals surface area contributed by atoms with E-state index in [0.29, 0.717) is 19.1 Å². The van der Waals surface area contributed by atoms with Crippen molar-refractivity contribution in [2.45, 2.75) is 39.3 Å². The van der Waals surface area contributed by atoms with Crippen molar-refractivity contribution in [2.75, 3.05) is 19.6 Å². The second-order valence-corrected chi connectivity index (χ2v) is 5.51. The molecule has 0 aromatic heterocycles. The molecular weight excluding hydrogens is 276 g/mol. The third-order valence-corrected chi connectivity index (χ3v) is 3.59. The second kappa shape index (κ2) is 8.41. The van der Waals surface area contributed by atoms with E-state index in [1.54, 1.807) is 0 Å². The first-order valence-corrected chi connectivity index (χ1v) is 8.09. The lowest BCUT2D eigenvalue weighted by Gasteiger charge is -2.20. The van der Waals surface area contributed by atoms with Crippen LogP contribution in [-0.4, -0.2) is 42.4 Å². The lowest BCUT2D eigenvalue weighted by atomic mass is 10.2. The van der Waals surface area contributed by atoms with E-state index in [1.165, 1.54) is 12.8 Å². The highest BCUT2D eigenvalue weighted by atomic mass is 16.2. The normalized spacial score (nSPS) is 14.5. The maximum absolute atomic E-state index is 12.4. The average Bonchev–Trinajstić information content (AvgIpc) is 3.35. The number of likely N-dealkylation sites (N-methyl/N-ethyl adjacent to an activating group) is 1. The van der Waals surface area contributed by atoms with Gasteiger partial charge in [-0.15, -0.1) is 0 Å². The monoisotopic (exact) mass is 302 g/mol. The largest absolute Gasteiger partial charge is 0.357 e. The topological polar surface area (TPSA) is 56.7 Å². The molecule has 5 heteroatoms. The van der Waals surface area contributed by atoms with Gasteiger partial charge in [-0.05, 0) is 32.3 Å². The summed E-state index contributed by atoms with van der Waals surface area (Å²) in [7, 11) is 0. The molecule has 0 unspecified atom stereocenters. The maximum atomic E-state index is 12.4. The number of nitrogens with one attached hydrogen (secondary N) is 2. The zero-order valence-electron chi connectivity index (χ0n) is 13.5. The van der Waals surface area contributed by atoms with Crippen molar-refractivity contribution >= 4 is 11.9 Å². The lowest BCUT2D eigenvalue weighted by Crippen LogP contribution is -2.40. The van der Waals surface area contributed by atoms with Gasteiger partial charge in [0.25, 0.3) is 0 Å². The van der Waals surface area contributed by atoms with Gasteiger partial charge >= 0.3 is 0 Å². The third-order valence-electron chi connectivity index (χ3n) is 3.59. The molecule has 1 aromatic carbocycles. The summed E-state index contributed by atoms with van der Waals surface area (Å²) in [6.07, 6.45) is 2.38. The van der Waals surface area contributed by atoms with Crippen LogP contribution in [0.25, 0.3) is 0 Å². The highest BCUT2D eigenvalue weighted by molar-refractivity contribution is 5.85. The van der Waals surface area contributed by atoms with Crippen LogP contribution in [0.2, 0.25) is 0 Å². The molecule has 2 N–H and O–H groups in total. The van der Waals surface area contributed by atoms with E-state index in [1.807, 2.05) is 49.1 Å². The first-order valence-electron chi connectivity index (χ1n) is 8.09. The minimum absolute atomic E-state index is 0.0550. The molecule has 22 heavy (non-hydrogen) atoms. The number of carbonyl (C=O) groups excluding carboxylic acids is 1. The predicted molar refractivity (Wildman–Crippen MR) is 89.7 cm³/mol. The molecule has 0 radical (unpaired) electrons. The van der Waals surface area contributed by atoms with Crippen LogP contribution >= 0.6 is 0 Å². The molecule has 1 aromatic rings. The van der Waals surface area contributed by atoms with Crippen LogP contribution in [0.3, 0.4) is 0 Å². The summed E-state index contributed by atoms with van der Waals surface area (Å²) in [5.74, 6) is 0.800. The van der Waals surface area contributed by atoms with Crippen molar-refractivity contribution in [1.82, 2.24) is 15.5 Å². The Balaban J connectivity index is 1.89. The van der Waals surface area contributed by atoms with Gasteiger partial charge in [0.15, 0.2) is 5.96 Å². The van der Waals surface area contributed by atoms with Gasteiger partial charge in [-0.3, -0.25) is 4.79 Å². The SMILES string of the molecule is CCNC(=NCC(=O)N(CC)Cc1ccccc1)NC1CC1. The van der Waals surface area contributed by atoms with E-state index in [-0.39, 0.29) is 12.5 Å². The zero-order valence-corrected chi connectivity index (χ0v) is 13.5. The predicted octanol–water partition coefficient (Wildman–Crippen LogP) is 1.75. The molecule has 1 aliphatic carbocycles. The van der Waals surface area contributed by atoms with Crippen LogP contribution in [-0.2, 0) is 11.3 Å². The molecule has 0 bridgehead atoms. The number of hydrogen-bond donors (Lipinski definition) is 2.